The number of nitrogens with two attached hydrogens (primary N) is 1. The standard InChI is InChI=1S/C14H23BrN2O2/c1-3-7-19-14-12(15)8-11(9-13(14)18-2)10-17-6-4-5-16/h8-9,17H,3-7,10,16H2,1-2H3. The summed E-state index contributed by atoms with van der Waals surface area (Å²) < 4.78 is 12.0. The van der Waals surface area contributed by atoms with Gasteiger partial charge in [-0.25, -0.2) is 0 Å². The molecule has 0 amide bonds. The minimum absolute atomic E-state index is 0.684. The van der Waals surface area contributed by atoms with Gasteiger partial charge in [0.1, 0.15) is 0 Å². The normalized spacial score (nSPS) is 10.5. The maximum atomic E-state index is 5.70. The number of methoxy groups -OCH3 is 1. The first-order valence-corrected chi connectivity index (χ1v) is 7.42. The minimum Gasteiger partial charge on any atom is -0.493 e. The Bertz CT molecular complexity index is 386. The van der Waals surface area contributed by atoms with Crippen LogP contribution in [-0.4, -0.2) is 26.8 Å². The lowest BCUT2D eigenvalue weighted by molar-refractivity contribution is 0.292. The fourth-order valence-electron chi connectivity index (χ4n) is 1.68. The SMILES string of the molecule is CCCOc1c(Br)cc(CNCCCN)cc1OC. The van der Waals surface area contributed by atoms with Gasteiger partial charge in [0.15, 0.2) is 11.5 Å². The van der Waals surface area contributed by atoms with E-state index in [1.54, 1.807) is 7.11 Å². The van der Waals surface area contributed by atoms with Crippen molar-refractivity contribution in [2.24, 2.45) is 5.73 Å². The number of halogens is 1. The van der Waals surface area contributed by atoms with Gasteiger partial charge in [-0.1, -0.05) is 6.92 Å². The van der Waals surface area contributed by atoms with Crippen LogP contribution in [0.4, 0.5) is 0 Å². The molecule has 0 radical (unpaired) electrons. The van der Waals surface area contributed by atoms with Gasteiger partial charge in [0.05, 0.1) is 18.2 Å². The van der Waals surface area contributed by atoms with Crippen LogP contribution in [0.3, 0.4) is 0 Å². The Balaban J connectivity index is 2.71. The van der Waals surface area contributed by atoms with Gasteiger partial charge in [0, 0.05) is 6.54 Å². The van der Waals surface area contributed by atoms with E-state index in [0.717, 1.165) is 47.5 Å². The van der Waals surface area contributed by atoms with Gasteiger partial charge < -0.3 is 20.5 Å². The summed E-state index contributed by atoms with van der Waals surface area (Å²) in [4.78, 5) is 0. The molecule has 19 heavy (non-hydrogen) atoms. The lowest BCUT2D eigenvalue weighted by Gasteiger charge is -2.14. The Labute approximate surface area is 123 Å². The predicted octanol–water partition coefficient (Wildman–Crippen LogP) is 2.68. The van der Waals surface area contributed by atoms with Gasteiger partial charge in [-0.15, -0.1) is 0 Å². The lowest BCUT2D eigenvalue weighted by atomic mass is 10.2. The molecule has 0 aliphatic heterocycles. The molecule has 0 atom stereocenters. The molecule has 0 saturated carbocycles. The Morgan fingerprint density at radius 2 is 2.16 bits per heavy atom. The predicted molar refractivity (Wildman–Crippen MR) is 81.9 cm³/mol. The van der Waals surface area contributed by atoms with Crippen molar-refractivity contribution in [1.82, 2.24) is 5.32 Å². The monoisotopic (exact) mass is 330 g/mol. The van der Waals surface area contributed by atoms with Crippen LogP contribution in [0.15, 0.2) is 16.6 Å². The second-order valence-electron chi connectivity index (χ2n) is 4.28. The van der Waals surface area contributed by atoms with Crippen LogP contribution in [0.5, 0.6) is 11.5 Å². The average Bonchev–Trinajstić information content (AvgIpc) is 2.42. The third-order valence-electron chi connectivity index (χ3n) is 2.63. The van der Waals surface area contributed by atoms with Crippen LogP contribution in [0, 0.1) is 0 Å². The molecule has 1 rings (SSSR count). The van der Waals surface area contributed by atoms with Crippen molar-refractivity contribution in [3.63, 3.8) is 0 Å². The summed E-state index contributed by atoms with van der Waals surface area (Å²) in [6.07, 6.45) is 1.95. The quantitative estimate of drug-likeness (QED) is 0.683. The Hall–Kier alpha value is -0.780. The summed E-state index contributed by atoms with van der Waals surface area (Å²) >= 11 is 3.54. The van der Waals surface area contributed by atoms with Crippen molar-refractivity contribution < 1.29 is 9.47 Å². The van der Waals surface area contributed by atoms with Crippen molar-refractivity contribution in [3.05, 3.63) is 22.2 Å². The van der Waals surface area contributed by atoms with Crippen molar-refractivity contribution in [2.45, 2.75) is 26.3 Å². The molecule has 0 fully saturated rings. The second kappa shape index (κ2) is 9.18. The van der Waals surface area contributed by atoms with Crippen LogP contribution >= 0.6 is 15.9 Å². The summed E-state index contributed by atoms with van der Waals surface area (Å²) in [5, 5.41) is 3.35. The number of rotatable bonds is 9. The van der Waals surface area contributed by atoms with Crippen molar-refractivity contribution in [3.8, 4) is 11.5 Å². The minimum atomic E-state index is 0.684. The highest BCUT2D eigenvalue weighted by Gasteiger charge is 2.11. The van der Waals surface area contributed by atoms with E-state index in [-0.39, 0.29) is 0 Å². The maximum absolute atomic E-state index is 5.70. The molecule has 3 N–H and O–H groups in total. The van der Waals surface area contributed by atoms with Crippen molar-refractivity contribution in [2.75, 3.05) is 26.8 Å². The summed E-state index contributed by atoms with van der Waals surface area (Å²) in [5.74, 6) is 1.54. The highest BCUT2D eigenvalue weighted by atomic mass is 79.9. The van der Waals surface area contributed by atoms with Gasteiger partial charge >= 0.3 is 0 Å². The van der Waals surface area contributed by atoms with Gasteiger partial charge in [-0.3, -0.25) is 0 Å². The molecule has 0 unspecified atom stereocenters. The number of hydrogen-bond acceptors (Lipinski definition) is 4. The third-order valence-corrected chi connectivity index (χ3v) is 3.22. The van der Waals surface area contributed by atoms with Crippen LogP contribution in [0.2, 0.25) is 0 Å². The fourth-order valence-corrected chi connectivity index (χ4v) is 2.28. The summed E-state index contributed by atoms with van der Waals surface area (Å²) in [7, 11) is 1.66. The molecule has 0 bridgehead atoms. The van der Waals surface area contributed by atoms with Crippen LogP contribution in [-0.2, 0) is 6.54 Å². The zero-order chi connectivity index (χ0) is 14.1. The third kappa shape index (κ3) is 5.38. The smallest absolute Gasteiger partial charge is 0.175 e. The molecule has 0 spiro atoms. The zero-order valence-electron chi connectivity index (χ0n) is 11.7. The van der Waals surface area contributed by atoms with E-state index >= 15 is 0 Å². The van der Waals surface area contributed by atoms with Crippen LogP contribution in [0.25, 0.3) is 0 Å². The average molecular weight is 331 g/mol. The van der Waals surface area contributed by atoms with Gasteiger partial charge in [-0.05, 0) is 59.6 Å². The summed E-state index contributed by atoms with van der Waals surface area (Å²) in [6, 6.07) is 4.06. The van der Waals surface area contributed by atoms with E-state index in [9.17, 15) is 0 Å². The second-order valence-corrected chi connectivity index (χ2v) is 5.13. The topological polar surface area (TPSA) is 56.5 Å². The summed E-state index contributed by atoms with van der Waals surface area (Å²) in [6.45, 7) is 5.19. The Kier molecular flexibility index (Phi) is 7.86. The Morgan fingerprint density at radius 3 is 2.79 bits per heavy atom. The number of nitrogens with one attached hydrogen (secondary N) is 1. The van der Waals surface area contributed by atoms with Gasteiger partial charge in [-0.2, -0.15) is 0 Å². The number of benzene rings is 1. The number of hydrogen-bond donors (Lipinski definition) is 2. The van der Waals surface area contributed by atoms with E-state index in [2.05, 4.69) is 34.2 Å². The molecule has 1 aromatic rings. The van der Waals surface area contributed by atoms with E-state index in [1.807, 2.05) is 6.07 Å². The van der Waals surface area contributed by atoms with Crippen molar-refractivity contribution in [1.29, 1.82) is 0 Å². The molecule has 5 heteroatoms. The number of ether oxygens (including phenoxy) is 2. The molecule has 1 aromatic carbocycles. The fraction of sp³-hybridized carbons (Fsp3) is 0.571. The first-order valence-electron chi connectivity index (χ1n) is 6.62. The molecular formula is C14H23BrN2O2. The Morgan fingerprint density at radius 1 is 1.37 bits per heavy atom. The highest BCUT2D eigenvalue weighted by Crippen LogP contribution is 2.36. The highest BCUT2D eigenvalue weighted by molar-refractivity contribution is 9.10. The van der Waals surface area contributed by atoms with Gasteiger partial charge in [0.25, 0.3) is 0 Å². The van der Waals surface area contributed by atoms with E-state index in [1.165, 1.54) is 0 Å². The summed E-state index contributed by atoms with van der Waals surface area (Å²) in [5.41, 5.74) is 6.62. The molecule has 0 aliphatic rings. The van der Waals surface area contributed by atoms with E-state index in [0.29, 0.717) is 13.2 Å². The first-order chi connectivity index (χ1) is 9.22. The van der Waals surface area contributed by atoms with E-state index < -0.39 is 0 Å². The first kappa shape index (κ1) is 16.3. The molecule has 108 valence electrons. The molecule has 0 saturated heterocycles. The zero-order valence-corrected chi connectivity index (χ0v) is 13.3. The molecule has 4 nitrogen and oxygen atoms in total. The van der Waals surface area contributed by atoms with Crippen LogP contribution in [0.1, 0.15) is 25.3 Å². The molecule has 0 aliphatic carbocycles. The van der Waals surface area contributed by atoms with Crippen LogP contribution < -0.4 is 20.5 Å². The lowest BCUT2D eigenvalue weighted by Crippen LogP contribution is -2.17. The van der Waals surface area contributed by atoms with E-state index in [4.69, 9.17) is 15.2 Å². The van der Waals surface area contributed by atoms with Crippen molar-refractivity contribution >= 4 is 15.9 Å². The molecule has 0 heterocycles. The largest absolute Gasteiger partial charge is 0.493 e. The molecular weight excluding hydrogens is 308 g/mol. The van der Waals surface area contributed by atoms with Gasteiger partial charge in [0.2, 0.25) is 0 Å². The molecule has 0 aromatic heterocycles. The maximum Gasteiger partial charge on any atom is 0.175 e.